The molecule has 1 saturated carbocycles. The summed E-state index contributed by atoms with van der Waals surface area (Å²) < 4.78 is 29.1. The van der Waals surface area contributed by atoms with Gasteiger partial charge in [-0.3, -0.25) is 9.59 Å². The van der Waals surface area contributed by atoms with Crippen LogP contribution in [0.3, 0.4) is 0 Å². The van der Waals surface area contributed by atoms with E-state index in [1.54, 1.807) is 43.2 Å². The van der Waals surface area contributed by atoms with Crippen LogP contribution in [0.5, 0.6) is 11.5 Å². The first-order valence-corrected chi connectivity index (χ1v) is 11.2. The summed E-state index contributed by atoms with van der Waals surface area (Å²) >= 11 is 0. The van der Waals surface area contributed by atoms with Crippen LogP contribution in [0.15, 0.2) is 48.5 Å². The molecule has 1 heterocycles. The van der Waals surface area contributed by atoms with E-state index in [-0.39, 0.29) is 36.3 Å². The number of carbonyl (C=O) groups excluding carboxylic acids is 3. The van der Waals surface area contributed by atoms with Crippen LogP contribution in [0, 0.1) is 11.2 Å². The molecule has 9 heteroatoms. The van der Waals surface area contributed by atoms with Crippen molar-refractivity contribution in [3.8, 4) is 11.5 Å². The number of nitrogens with one attached hydrogen (secondary N) is 1. The van der Waals surface area contributed by atoms with Gasteiger partial charge in [-0.1, -0.05) is 0 Å². The third-order valence-corrected chi connectivity index (χ3v) is 6.26. The summed E-state index contributed by atoms with van der Waals surface area (Å²) in [6, 6.07) is 11.2. The number of hydrogen-bond acceptors (Lipinski definition) is 6. The van der Waals surface area contributed by atoms with Crippen molar-refractivity contribution in [3.63, 3.8) is 0 Å². The molecule has 2 amide bonds. The van der Waals surface area contributed by atoms with Crippen molar-refractivity contribution < 1.29 is 33.0 Å². The zero-order valence-electron chi connectivity index (χ0n) is 19.1. The predicted molar refractivity (Wildman–Crippen MR) is 120 cm³/mol. The van der Waals surface area contributed by atoms with Crippen LogP contribution in [0.1, 0.15) is 30.1 Å². The molecule has 180 valence electrons. The van der Waals surface area contributed by atoms with Gasteiger partial charge in [0, 0.05) is 24.1 Å². The summed E-state index contributed by atoms with van der Waals surface area (Å²) in [4.78, 5) is 39.5. The fourth-order valence-electron chi connectivity index (χ4n) is 4.59. The Bertz CT molecular complexity index is 1060. The summed E-state index contributed by atoms with van der Waals surface area (Å²) in [6.07, 6.45) is 1.27. The Balaban J connectivity index is 1.35. The van der Waals surface area contributed by atoms with Gasteiger partial charge in [-0.05, 0) is 68.3 Å². The lowest BCUT2D eigenvalue weighted by atomic mass is 10.0. The third-order valence-electron chi connectivity index (χ3n) is 6.26. The molecule has 2 aromatic carbocycles. The summed E-state index contributed by atoms with van der Waals surface area (Å²) in [7, 11) is 1.60. The van der Waals surface area contributed by atoms with Crippen molar-refractivity contribution in [3.05, 3.63) is 59.9 Å². The van der Waals surface area contributed by atoms with Crippen LogP contribution in [0.2, 0.25) is 0 Å². The van der Waals surface area contributed by atoms with E-state index in [4.69, 9.17) is 14.2 Å². The van der Waals surface area contributed by atoms with E-state index in [1.807, 2.05) is 0 Å². The van der Waals surface area contributed by atoms with Crippen molar-refractivity contribution in [1.29, 1.82) is 0 Å². The van der Waals surface area contributed by atoms with E-state index in [2.05, 4.69) is 5.32 Å². The predicted octanol–water partition coefficient (Wildman–Crippen LogP) is 2.92. The number of esters is 1. The Kier molecular flexibility index (Phi) is 6.83. The minimum Gasteiger partial charge on any atom is -0.464 e. The number of methoxy groups -OCH3 is 1. The SMILES string of the molecule is CCOC(=O)[C@@H]1C[C@]2(COC)C[C@@H]2N1C(=O)CNC(=O)c1ccc(Oc2ccc(F)cc2)cc1. The molecule has 0 spiro atoms. The highest BCUT2D eigenvalue weighted by molar-refractivity contribution is 5.97. The van der Waals surface area contributed by atoms with Gasteiger partial charge in [0.1, 0.15) is 23.4 Å². The number of halogens is 1. The number of likely N-dealkylation sites (tertiary alicyclic amines) is 1. The normalized spacial score (nSPS) is 22.6. The maximum atomic E-state index is 13.0. The van der Waals surface area contributed by atoms with Gasteiger partial charge in [0.25, 0.3) is 5.91 Å². The first-order valence-electron chi connectivity index (χ1n) is 11.2. The molecule has 1 aliphatic heterocycles. The number of hydrogen-bond donors (Lipinski definition) is 1. The Morgan fingerprint density at radius 2 is 1.71 bits per heavy atom. The highest BCUT2D eigenvalue weighted by Gasteiger charge is 2.67. The number of carbonyl (C=O) groups is 3. The lowest BCUT2D eigenvalue weighted by molar-refractivity contribution is -0.153. The molecule has 2 aliphatic rings. The second-order valence-electron chi connectivity index (χ2n) is 8.55. The number of piperidine rings is 1. The first kappa shape index (κ1) is 23.7. The lowest BCUT2D eigenvalue weighted by Gasteiger charge is -2.26. The number of amides is 2. The van der Waals surface area contributed by atoms with Crippen LogP contribution >= 0.6 is 0 Å². The van der Waals surface area contributed by atoms with Gasteiger partial charge >= 0.3 is 5.97 Å². The summed E-state index contributed by atoms with van der Waals surface area (Å²) in [6.45, 7) is 2.19. The molecule has 4 rings (SSSR count). The Hall–Kier alpha value is -3.46. The smallest absolute Gasteiger partial charge is 0.328 e. The maximum Gasteiger partial charge on any atom is 0.328 e. The second kappa shape index (κ2) is 9.80. The second-order valence-corrected chi connectivity index (χ2v) is 8.55. The molecule has 3 atom stereocenters. The van der Waals surface area contributed by atoms with Crippen LogP contribution < -0.4 is 10.1 Å². The molecular weight excluding hydrogens is 443 g/mol. The first-order chi connectivity index (χ1) is 16.4. The summed E-state index contributed by atoms with van der Waals surface area (Å²) in [5, 5.41) is 2.63. The molecule has 34 heavy (non-hydrogen) atoms. The minimum atomic E-state index is -0.666. The van der Waals surface area contributed by atoms with Gasteiger partial charge in [-0.25, -0.2) is 9.18 Å². The molecule has 8 nitrogen and oxygen atoms in total. The highest BCUT2D eigenvalue weighted by Crippen LogP contribution is 2.59. The molecule has 0 bridgehead atoms. The van der Waals surface area contributed by atoms with Crippen molar-refractivity contribution in [2.24, 2.45) is 5.41 Å². The van der Waals surface area contributed by atoms with E-state index >= 15 is 0 Å². The number of ether oxygens (including phenoxy) is 3. The van der Waals surface area contributed by atoms with Crippen LogP contribution in [0.25, 0.3) is 0 Å². The average Bonchev–Trinajstić information content (AvgIpc) is 3.42. The van der Waals surface area contributed by atoms with Crippen molar-refractivity contribution in [2.75, 3.05) is 26.9 Å². The monoisotopic (exact) mass is 470 g/mol. The molecule has 0 unspecified atom stereocenters. The van der Waals surface area contributed by atoms with E-state index in [0.717, 1.165) is 6.42 Å². The lowest BCUT2D eigenvalue weighted by Crippen LogP contribution is -2.48. The summed E-state index contributed by atoms with van der Waals surface area (Å²) in [5.41, 5.74) is 0.134. The Labute approximate surface area is 197 Å². The third kappa shape index (κ3) is 4.89. The number of fused-ring (bicyclic) bond motifs is 1. The van der Waals surface area contributed by atoms with Crippen molar-refractivity contribution in [2.45, 2.75) is 31.8 Å². The minimum absolute atomic E-state index is 0.0887. The quantitative estimate of drug-likeness (QED) is 0.567. The standard InChI is InChI=1S/C25H27FN2O6/c1-3-33-24(31)20-12-25(15-32-2)13-21(25)28(20)22(29)14-27-23(30)16-4-8-18(9-5-16)34-19-10-6-17(26)7-11-19/h4-11,20-21H,3,12-15H2,1-2H3,(H,27,30)/t20-,21-,25+/m0/s1. The fraction of sp³-hybridized carbons (Fsp3) is 0.400. The zero-order chi connectivity index (χ0) is 24.3. The van der Waals surface area contributed by atoms with Gasteiger partial charge in [-0.2, -0.15) is 0 Å². The van der Waals surface area contributed by atoms with Gasteiger partial charge in [0.05, 0.1) is 19.8 Å². The van der Waals surface area contributed by atoms with Gasteiger partial charge < -0.3 is 24.4 Å². The zero-order valence-corrected chi connectivity index (χ0v) is 19.1. The fourth-order valence-corrected chi connectivity index (χ4v) is 4.59. The van der Waals surface area contributed by atoms with E-state index in [0.29, 0.717) is 30.1 Å². The molecule has 1 aliphatic carbocycles. The number of nitrogens with zero attached hydrogens (tertiary/aromatic N) is 1. The molecule has 0 aromatic heterocycles. The molecule has 0 radical (unpaired) electrons. The molecule has 2 aromatic rings. The van der Waals surface area contributed by atoms with Gasteiger partial charge in [0.2, 0.25) is 5.91 Å². The molecular formula is C25H27FN2O6. The number of benzene rings is 2. The summed E-state index contributed by atoms with van der Waals surface area (Å²) in [5.74, 6) is -0.591. The van der Waals surface area contributed by atoms with E-state index < -0.39 is 17.9 Å². The van der Waals surface area contributed by atoms with E-state index in [9.17, 15) is 18.8 Å². The largest absolute Gasteiger partial charge is 0.464 e. The molecule has 1 N–H and O–H groups in total. The molecule has 1 saturated heterocycles. The molecule has 2 fully saturated rings. The van der Waals surface area contributed by atoms with Gasteiger partial charge in [-0.15, -0.1) is 0 Å². The Morgan fingerprint density at radius 3 is 2.32 bits per heavy atom. The van der Waals surface area contributed by atoms with E-state index in [1.165, 1.54) is 24.3 Å². The van der Waals surface area contributed by atoms with Crippen LogP contribution in [0.4, 0.5) is 4.39 Å². The average molecular weight is 470 g/mol. The Morgan fingerprint density at radius 1 is 1.06 bits per heavy atom. The maximum absolute atomic E-state index is 13.0. The number of rotatable bonds is 9. The van der Waals surface area contributed by atoms with Crippen molar-refractivity contribution >= 4 is 17.8 Å². The van der Waals surface area contributed by atoms with Crippen LogP contribution in [-0.4, -0.2) is 61.6 Å². The topological polar surface area (TPSA) is 94.2 Å². The van der Waals surface area contributed by atoms with Crippen molar-refractivity contribution in [1.82, 2.24) is 10.2 Å². The van der Waals surface area contributed by atoms with Crippen LogP contribution in [-0.2, 0) is 19.1 Å². The highest BCUT2D eigenvalue weighted by atomic mass is 19.1. The van der Waals surface area contributed by atoms with Gasteiger partial charge in [0.15, 0.2) is 0 Å².